The minimum Gasteiger partial charge on any atom is -0.337 e. The maximum Gasteiger partial charge on any atom is 0.137 e. The lowest BCUT2D eigenvalue weighted by Gasteiger charge is -2.62. The molecular weight excluding hydrogens is 1080 g/mol. The maximum atomic E-state index is 4.78. The minimum absolute atomic E-state index is 0.117. The third kappa shape index (κ3) is 9.59. The normalized spacial score (nSPS) is 27.2. The number of benzene rings is 6. The first-order valence-electron chi connectivity index (χ1n) is 34.7. The van der Waals surface area contributed by atoms with Gasteiger partial charge in [-0.05, 0) is 219 Å². The summed E-state index contributed by atoms with van der Waals surface area (Å²) in [4.78, 5) is 19.6. The molecule has 0 radical (unpaired) electrons. The van der Waals surface area contributed by atoms with Gasteiger partial charge in [0.2, 0.25) is 0 Å². The van der Waals surface area contributed by atoms with Crippen molar-refractivity contribution >= 4 is 45.8 Å². The zero-order valence-corrected chi connectivity index (χ0v) is 55.2. The molecule has 6 fully saturated rings. The molecule has 4 aliphatic heterocycles. The Morgan fingerprint density at radius 1 is 0.326 bits per heavy atom. The summed E-state index contributed by atoms with van der Waals surface area (Å²) in [5.74, 6) is 6.12. The molecule has 3 spiro atoms. The summed E-state index contributed by atoms with van der Waals surface area (Å²) >= 11 is 0. The zero-order chi connectivity index (χ0) is 61.4. The first-order chi connectivity index (χ1) is 43.2. The van der Waals surface area contributed by atoms with E-state index in [1.54, 1.807) is 11.1 Å². The van der Waals surface area contributed by atoms with Crippen LogP contribution in [0.2, 0.25) is 0 Å². The monoisotopic (exact) mass is 1180 g/mol. The molecule has 18 rings (SSSR count). The molecule has 4 unspecified atom stereocenters. The lowest BCUT2D eigenvalue weighted by molar-refractivity contribution is -0.0654. The standard InChI is InChI=1S/C25H29N.C21H25N.C20H24N2.C17H20N2/c1-16-7-3-5-9-23(16)26-17(2)25(22-8-4-6-10-24(22)26)20-12-18-11-19(14-20)15-21(25)13-18;1-16-10-4-6-12-19(16)22-17(2)21(14-8-3-9-15-21)18-11-5-7-13-20(18)22;1-15-9-4-5-11-18(15)22-16(2)20(12-6-3-7-13-20)17-10-8-14-21-19(17)22;1-12-8-5-6-10-15(12)19-13(2)17(3,4)14-9-7-11-18-16(14)19/h3-10,17-21H,11-15H2,1-2H3;4-7,10-13,17H,3,8-9,14-15H2,1-2H3;4-5,8-11,14,16H,3,6-7,12-13H2,1-2H3;5-11,13H,1-4H3. The van der Waals surface area contributed by atoms with Crippen LogP contribution in [0.1, 0.15) is 182 Å². The van der Waals surface area contributed by atoms with Crippen LogP contribution in [0.5, 0.6) is 0 Å². The minimum atomic E-state index is 0.117. The van der Waals surface area contributed by atoms with E-state index < -0.39 is 0 Å². The van der Waals surface area contributed by atoms with Gasteiger partial charge in [0, 0.05) is 103 Å². The summed E-state index contributed by atoms with van der Waals surface area (Å²) in [6.45, 7) is 23.1. The Bertz CT molecular complexity index is 3690. The smallest absolute Gasteiger partial charge is 0.137 e. The number of aryl methyl sites for hydroxylation is 4. The van der Waals surface area contributed by atoms with Gasteiger partial charge in [-0.25, -0.2) is 9.97 Å². The average Bonchev–Trinajstić information content (AvgIpc) is 1.61. The Labute approximate surface area is 534 Å². The second-order valence-electron chi connectivity index (χ2n) is 29.5. The van der Waals surface area contributed by atoms with Crippen molar-refractivity contribution in [2.24, 2.45) is 23.7 Å². The topological polar surface area (TPSA) is 38.7 Å². The molecule has 4 bridgehead atoms. The lowest BCUT2D eigenvalue weighted by atomic mass is 9.42. The summed E-state index contributed by atoms with van der Waals surface area (Å²) < 4.78 is 0. The van der Waals surface area contributed by atoms with Crippen LogP contribution in [0, 0.1) is 51.4 Å². The number of rotatable bonds is 4. The zero-order valence-electron chi connectivity index (χ0n) is 55.2. The summed E-state index contributed by atoms with van der Waals surface area (Å²) in [5, 5.41) is 0. The molecule has 89 heavy (non-hydrogen) atoms. The fourth-order valence-electron chi connectivity index (χ4n) is 20.4. The third-order valence-electron chi connectivity index (χ3n) is 25.0. The average molecular weight is 1180 g/mol. The largest absolute Gasteiger partial charge is 0.337 e. The molecule has 0 N–H and O–H groups in total. The van der Waals surface area contributed by atoms with Gasteiger partial charge < -0.3 is 19.6 Å². The Balaban J connectivity index is 0.000000105. The van der Waals surface area contributed by atoms with Gasteiger partial charge in [-0.1, -0.05) is 174 Å². The first-order valence-corrected chi connectivity index (χ1v) is 34.7. The van der Waals surface area contributed by atoms with E-state index in [1.807, 2.05) is 18.5 Å². The SMILES string of the molecule is Cc1ccccc1N1c2ccccc2C2(C3CC4CC(C3)CC2C4)C1C.Cc1ccccc1N1c2ccccc2C2(CCCCC2)C1C.Cc1ccccc1N1c2ncccc2C(C)(C)C1C.Cc1ccccc1N1c2ncccc2C2(CCCCC2)C1C. The van der Waals surface area contributed by atoms with Crippen LogP contribution in [-0.4, -0.2) is 34.1 Å². The number of fused-ring (bicyclic) bond motifs is 6. The fraction of sp³-hybridized carbons (Fsp3) is 0.446. The van der Waals surface area contributed by atoms with Gasteiger partial charge in [0.05, 0.1) is 0 Å². The number of hydrogen-bond acceptors (Lipinski definition) is 6. The van der Waals surface area contributed by atoms with E-state index in [1.165, 1.54) is 170 Å². The van der Waals surface area contributed by atoms with E-state index in [0.717, 1.165) is 29.5 Å². The van der Waals surface area contributed by atoms with Gasteiger partial charge in [-0.15, -0.1) is 0 Å². The van der Waals surface area contributed by atoms with E-state index in [2.05, 4.69) is 258 Å². The van der Waals surface area contributed by atoms with Crippen molar-refractivity contribution in [3.63, 3.8) is 0 Å². The predicted molar refractivity (Wildman–Crippen MR) is 374 cm³/mol. The van der Waals surface area contributed by atoms with Crippen molar-refractivity contribution in [1.29, 1.82) is 0 Å². The van der Waals surface area contributed by atoms with E-state index in [-0.39, 0.29) is 5.41 Å². The molecule has 6 aromatic carbocycles. The van der Waals surface area contributed by atoms with Gasteiger partial charge >= 0.3 is 0 Å². The molecule has 6 aliphatic carbocycles. The fourth-order valence-corrected chi connectivity index (χ4v) is 20.4. The van der Waals surface area contributed by atoms with E-state index >= 15 is 0 Å². The lowest BCUT2D eigenvalue weighted by Crippen LogP contribution is -2.60. The molecule has 6 saturated carbocycles. The molecule has 6 heteroatoms. The predicted octanol–water partition coefficient (Wildman–Crippen LogP) is 21.3. The van der Waals surface area contributed by atoms with Crippen molar-refractivity contribution in [1.82, 2.24) is 9.97 Å². The number of nitrogens with zero attached hydrogens (tertiary/aromatic N) is 6. The van der Waals surface area contributed by atoms with Crippen molar-refractivity contribution < 1.29 is 0 Å². The molecular formula is C83H98N6. The highest BCUT2D eigenvalue weighted by Gasteiger charge is 2.64. The summed E-state index contributed by atoms with van der Waals surface area (Å²) in [6.07, 6.45) is 24.8. The second kappa shape index (κ2) is 23.6. The summed E-state index contributed by atoms with van der Waals surface area (Å²) in [7, 11) is 0. The first kappa shape index (κ1) is 59.4. The number of anilines is 8. The van der Waals surface area contributed by atoms with Gasteiger partial charge in [-0.3, -0.25) is 0 Å². The number of para-hydroxylation sites is 6. The number of pyridine rings is 2. The molecule has 6 heterocycles. The van der Waals surface area contributed by atoms with Crippen LogP contribution in [0.3, 0.4) is 0 Å². The van der Waals surface area contributed by atoms with Crippen LogP contribution in [0.25, 0.3) is 0 Å². The molecule has 0 saturated heterocycles. The van der Waals surface area contributed by atoms with E-state index in [9.17, 15) is 0 Å². The highest BCUT2D eigenvalue weighted by molar-refractivity contribution is 5.79. The highest BCUT2D eigenvalue weighted by Crippen LogP contribution is 2.69. The number of hydrogen-bond donors (Lipinski definition) is 0. The third-order valence-corrected chi connectivity index (χ3v) is 25.0. The summed E-state index contributed by atoms with van der Waals surface area (Å²) in [6, 6.07) is 64.3. The van der Waals surface area contributed by atoms with Gasteiger partial charge in [0.25, 0.3) is 0 Å². The van der Waals surface area contributed by atoms with Crippen LogP contribution in [0.4, 0.5) is 45.8 Å². The van der Waals surface area contributed by atoms with Crippen molar-refractivity contribution in [3.05, 3.63) is 227 Å². The second-order valence-corrected chi connectivity index (χ2v) is 29.5. The van der Waals surface area contributed by atoms with Crippen LogP contribution in [0.15, 0.2) is 182 Å². The van der Waals surface area contributed by atoms with Crippen molar-refractivity contribution in [2.75, 3.05) is 19.6 Å². The van der Waals surface area contributed by atoms with Crippen molar-refractivity contribution in [3.8, 4) is 0 Å². The van der Waals surface area contributed by atoms with Crippen molar-refractivity contribution in [2.45, 2.75) is 211 Å². The van der Waals surface area contributed by atoms with Gasteiger partial charge in [0.15, 0.2) is 0 Å². The number of aromatic nitrogens is 2. The molecule has 10 aliphatic rings. The quantitative estimate of drug-likeness (QED) is 0.175. The molecule has 6 nitrogen and oxygen atoms in total. The Kier molecular flexibility index (Phi) is 15.7. The molecule has 0 amide bonds. The Morgan fingerprint density at radius 2 is 0.663 bits per heavy atom. The maximum absolute atomic E-state index is 4.78. The molecule has 4 atom stereocenters. The molecule has 8 aromatic rings. The van der Waals surface area contributed by atoms with E-state index in [4.69, 9.17) is 4.98 Å². The Morgan fingerprint density at radius 3 is 1.13 bits per heavy atom. The highest BCUT2D eigenvalue weighted by atomic mass is 15.3. The van der Waals surface area contributed by atoms with Crippen LogP contribution < -0.4 is 19.6 Å². The Hall–Kier alpha value is -7.18. The van der Waals surface area contributed by atoms with Crippen LogP contribution >= 0.6 is 0 Å². The summed E-state index contributed by atoms with van der Waals surface area (Å²) in [5.41, 5.74) is 20.9. The van der Waals surface area contributed by atoms with Gasteiger partial charge in [-0.2, -0.15) is 0 Å². The van der Waals surface area contributed by atoms with E-state index in [0.29, 0.717) is 40.4 Å². The van der Waals surface area contributed by atoms with Crippen LogP contribution in [-0.2, 0) is 21.7 Å². The molecule has 2 aromatic heterocycles. The molecule has 460 valence electrons. The van der Waals surface area contributed by atoms with Gasteiger partial charge in [0.1, 0.15) is 11.6 Å².